The molecular formula is C42H43Cl3I12O11S. The van der Waals surface area contributed by atoms with Gasteiger partial charge in [0.05, 0.1) is 35.5 Å². The maximum Gasteiger partial charge on any atom is 0.339 e. The Morgan fingerprint density at radius 1 is 0.536 bits per heavy atom. The van der Waals surface area contributed by atoms with Crippen LogP contribution in [0.2, 0.25) is 0 Å². The average molecular weight is 2390 g/mol. The molecule has 27 heteroatoms. The average Bonchev–Trinajstić information content (AvgIpc) is 3.16. The Bertz CT molecular complexity index is 2200. The molecule has 388 valence electrons. The number of hydrogen-bond donors (Lipinski definition) is 5. The summed E-state index contributed by atoms with van der Waals surface area (Å²) < 4.78 is 26.4. The number of ketones is 1. The molecule has 0 saturated carbocycles. The zero-order chi connectivity index (χ0) is 52.2. The minimum Gasteiger partial charge on any atom is -0.478 e. The molecule has 69 heavy (non-hydrogen) atoms. The quantitative estimate of drug-likeness (QED) is 0.0281. The number of aliphatic hydroxyl groups is 4. The lowest BCUT2D eigenvalue weighted by molar-refractivity contribution is -0.0118. The Morgan fingerprint density at radius 2 is 0.841 bits per heavy atom. The predicted molar refractivity (Wildman–Crippen MR) is 382 cm³/mol. The first kappa shape index (κ1) is 78.0. The molecule has 5 atom stereocenters. The van der Waals surface area contributed by atoms with Crippen LogP contribution in [-0.2, 0) is 14.0 Å². The number of aromatic carboxylic acids is 1. The van der Waals surface area contributed by atoms with E-state index in [9.17, 15) is 39.6 Å². The van der Waals surface area contributed by atoms with Gasteiger partial charge in [0.1, 0.15) is 6.10 Å². The molecule has 0 saturated heterocycles. The van der Waals surface area contributed by atoms with Crippen molar-refractivity contribution in [1.29, 1.82) is 0 Å². The second-order valence-electron chi connectivity index (χ2n) is 13.3. The van der Waals surface area contributed by atoms with Crippen LogP contribution in [0.5, 0.6) is 0 Å². The van der Waals surface area contributed by atoms with Crippen LogP contribution in [0.15, 0.2) is 48.5 Å². The lowest BCUT2D eigenvalue weighted by atomic mass is 9.99. The van der Waals surface area contributed by atoms with E-state index in [1.165, 1.54) is 0 Å². The Hall–Kier alpha value is 4.78. The van der Waals surface area contributed by atoms with Crippen molar-refractivity contribution in [2.45, 2.75) is 91.8 Å². The normalized spacial score (nSPS) is 12.4. The fourth-order valence-corrected chi connectivity index (χ4v) is 14.9. The molecule has 0 aliphatic rings. The molecule has 11 nitrogen and oxygen atoms in total. The number of aliphatic hydroxyl groups excluding tert-OH is 4. The number of ether oxygens (including phenoxy) is 1. The number of halogens is 15. The summed E-state index contributed by atoms with van der Waals surface area (Å²) in [6.45, 7) is 4.76. The van der Waals surface area contributed by atoms with Gasteiger partial charge < -0.3 is 30.3 Å². The molecule has 0 spiro atoms. The fraction of sp³-hybridized carbons (Fsp3) is 0.333. The molecule has 0 fully saturated rings. The molecule has 0 aliphatic heterocycles. The molecule has 4 rings (SSSR count). The van der Waals surface area contributed by atoms with Crippen molar-refractivity contribution in [1.82, 2.24) is 0 Å². The van der Waals surface area contributed by atoms with Crippen LogP contribution in [0.25, 0.3) is 0 Å². The van der Waals surface area contributed by atoms with E-state index < -0.39 is 56.9 Å². The lowest BCUT2D eigenvalue weighted by Gasteiger charge is -2.24. The Kier molecular flexibility index (Phi) is 46.2. The summed E-state index contributed by atoms with van der Waals surface area (Å²) in [4.78, 5) is 45.4. The third-order valence-corrected chi connectivity index (χ3v) is 22.5. The summed E-state index contributed by atoms with van der Waals surface area (Å²) in [5.41, 5.74) is 2.25. The lowest BCUT2D eigenvalue weighted by Crippen LogP contribution is -2.30. The van der Waals surface area contributed by atoms with Crippen molar-refractivity contribution in [3.8, 4) is 0 Å². The summed E-state index contributed by atoms with van der Waals surface area (Å²) in [6.07, 6.45) is -3.29. The van der Waals surface area contributed by atoms with Crippen molar-refractivity contribution < 1.29 is 53.7 Å². The Balaban J connectivity index is -0.000000872. The van der Waals surface area contributed by atoms with Gasteiger partial charge in [-0.25, -0.2) is 13.8 Å². The van der Waals surface area contributed by atoms with Gasteiger partial charge in [0.2, 0.25) is 9.23 Å². The van der Waals surface area contributed by atoms with Crippen LogP contribution in [0, 0.1) is 42.8 Å². The van der Waals surface area contributed by atoms with E-state index in [1.807, 2.05) is 46.9 Å². The largest absolute Gasteiger partial charge is 0.478 e. The van der Waals surface area contributed by atoms with Gasteiger partial charge in [-0.2, -0.15) is 0 Å². The molecule has 4 aromatic rings. The maximum atomic E-state index is 12.6. The van der Waals surface area contributed by atoms with Crippen molar-refractivity contribution >= 4 is 336 Å². The summed E-state index contributed by atoms with van der Waals surface area (Å²) in [5, 5.41) is 47.5. The molecule has 0 amide bonds. The summed E-state index contributed by atoms with van der Waals surface area (Å²) in [5.74, 6) is -1.23. The van der Waals surface area contributed by atoms with Crippen LogP contribution in [-0.4, -0.2) is 83.2 Å². The first-order valence-corrected chi connectivity index (χ1v) is 34.1. The highest BCUT2D eigenvalue weighted by molar-refractivity contribution is 14.1. The van der Waals surface area contributed by atoms with Crippen molar-refractivity contribution in [3.63, 3.8) is 0 Å². The fourth-order valence-electron chi connectivity index (χ4n) is 4.92. The van der Waals surface area contributed by atoms with Gasteiger partial charge in [-0.3, -0.25) is 9.59 Å². The second kappa shape index (κ2) is 40.9. The van der Waals surface area contributed by atoms with Crippen LogP contribution < -0.4 is 0 Å². The highest BCUT2D eigenvalue weighted by Crippen LogP contribution is 2.27. The Morgan fingerprint density at radius 3 is 1.19 bits per heavy atom. The molecule has 5 N–H and O–H groups in total. The molecule has 0 aliphatic carbocycles. The second-order valence-corrected chi connectivity index (χ2v) is 30.1. The number of rotatable bonds is 13. The van der Waals surface area contributed by atoms with E-state index in [-0.39, 0.29) is 46.3 Å². The van der Waals surface area contributed by atoms with E-state index >= 15 is 0 Å². The number of Topliss-reactive ketones (excluding diaryl/α,β-unsaturated/α-hetero) is 1. The summed E-state index contributed by atoms with van der Waals surface area (Å²) in [6, 6.07) is 15.1. The van der Waals surface area contributed by atoms with Gasteiger partial charge in [-0.1, -0.05) is 14.9 Å². The molecule has 4 aromatic carbocycles. The molecule has 0 aromatic heterocycles. The molecule has 0 bridgehead atoms. The number of hydrogen-bond acceptors (Lipinski definition) is 10. The van der Waals surface area contributed by atoms with Crippen LogP contribution in [0.1, 0.15) is 103 Å². The number of carboxylic acid groups (broad SMARTS) is 1. The van der Waals surface area contributed by atoms with Crippen molar-refractivity contribution in [2.24, 2.45) is 0 Å². The molecule has 0 heterocycles. The van der Waals surface area contributed by atoms with Gasteiger partial charge >= 0.3 is 11.9 Å². The highest BCUT2D eigenvalue weighted by Gasteiger charge is 2.25. The van der Waals surface area contributed by atoms with Crippen molar-refractivity contribution in [3.05, 3.63) is 114 Å². The SMILES string of the molecule is C.C.CC(=O)c1cc(I)cc(I)c1I.CC(O)CC(O)CC(O)CC(CC(C)O)OC(=O)c1cc(I)cc(I)c1I.O=C(Cl)c1cc(I)cc(I)c1I.O=C(O)c1cc(I)cc(I)c1I.O=S(Cl)Cl. The number of carbonyl (C=O) groups is 4. The first-order valence-electron chi connectivity index (χ1n) is 18.0. The number of carbonyl (C=O) groups excluding carboxylic acids is 3. The smallest absolute Gasteiger partial charge is 0.339 e. The maximum absolute atomic E-state index is 12.6. The molecular weight excluding hydrogens is 2340 g/mol. The van der Waals surface area contributed by atoms with E-state index in [1.54, 1.807) is 39.0 Å². The zero-order valence-corrected chi connectivity index (χ0v) is 63.1. The summed E-state index contributed by atoms with van der Waals surface area (Å²) >= 11 is 31.2. The minimum atomic E-state index is -1.67. The number of benzene rings is 4. The van der Waals surface area contributed by atoms with Gasteiger partial charge in [0.15, 0.2) is 5.78 Å². The van der Waals surface area contributed by atoms with Crippen molar-refractivity contribution in [2.75, 3.05) is 0 Å². The van der Waals surface area contributed by atoms with E-state index in [0.29, 0.717) is 16.7 Å². The molecule has 5 unspecified atom stereocenters. The standard InChI is InChI=1S/C18H25I3O6.C8H5I3O.C7H2ClI3O.C7H3I3O2.2CH4.Cl2OS/c1-9(22)3-12(24)7-13(25)8-14(4-10(2)23)27-18(26)15-5-11(19)6-16(20)17(15)21;1-4(12)6-2-5(9)3-7(10)8(6)11;8-7(12)4-1-3(9)2-5(10)6(4)11;8-3-1-4(7(11)12)6(10)5(9)2-3;;;1-4(2)3/h5-6,9-10,12-14,22-25H,3-4,7-8H2,1-2H3;2-3H,1H3;1-2H;1-2H,(H,11,12);2*1H4;. The zero-order valence-electron chi connectivity index (χ0n) is 34.1. The summed E-state index contributed by atoms with van der Waals surface area (Å²) in [7, 11) is 7.36. The van der Waals surface area contributed by atoms with Crippen LogP contribution >= 0.6 is 304 Å². The number of carboxylic acids is 1. The van der Waals surface area contributed by atoms with Crippen LogP contribution in [0.4, 0.5) is 0 Å². The minimum absolute atomic E-state index is 0. The van der Waals surface area contributed by atoms with E-state index in [2.05, 4.69) is 276 Å². The van der Waals surface area contributed by atoms with Gasteiger partial charge in [0, 0.05) is 88.2 Å². The van der Waals surface area contributed by atoms with Gasteiger partial charge in [-0.15, -0.1) is 0 Å². The predicted octanol–water partition coefficient (Wildman–Crippen LogP) is 16.2. The molecule has 0 radical (unpaired) electrons. The van der Waals surface area contributed by atoms with Gasteiger partial charge in [-0.05, 0) is 365 Å². The third-order valence-electron chi connectivity index (χ3n) is 7.58. The monoisotopic (exact) mass is 2380 g/mol. The third kappa shape index (κ3) is 33.2. The van der Waals surface area contributed by atoms with Crippen LogP contribution in [0.3, 0.4) is 0 Å². The topological polar surface area (TPSA) is 196 Å². The number of esters is 1. The van der Waals surface area contributed by atoms with E-state index in [4.69, 9.17) is 25.7 Å². The van der Waals surface area contributed by atoms with E-state index in [0.717, 1.165) is 48.4 Å². The Labute approximate surface area is 583 Å². The van der Waals surface area contributed by atoms with Gasteiger partial charge in [0.25, 0.3) is 5.24 Å². The highest BCUT2D eigenvalue weighted by atomic mass is 127. The first-order chi connectivity index (χ1) is 30.8.